The van der Waals surface area contributed by atoms with Gasteiger partial charge in [0.1, 0.15) is 5.75 Å². The molecule has 1 aliphatic rings. The molecule has 5 heteroatoms. The summed E-state index contributed by atoms with van der Waals surface area (Å²) in [6, 6.07) is 5.20. The largest absolute Gasteiger partial charge is 0.506 e. The number of aromatic hydroxyl groups is 1. The monoisotopic (exact) mass is 283 g/mol. The van der Waals surface area contributed by atoms with Crippen LogP contribution in [0.5, 0.6) is 5.75 Å². The summed E-state index contributed by atoms with van der Waals surface area (Å²) in [5.41, 5.74) is 1.04. The topological polar surface area (TPSA) is 60.8 Å². The molecule has 1 aromatic carbocycles. The van der Waals surface area contributed by atoms with Gasteiger partial charge in [-0.25, -0.2) is 0 Å². The number of benzene rings is 1. The van der Waals surface area contributed by atoms with Crippen LogP contribution in [0, 0.1) is 5.92 Å². The first-order valence-corrected chi connectivity index (χ1v) is 6.84. The second-order valence-corrected chi connectivity index (χ2v) is 5.53. The van der Waals surface area contributed by atoms with Gasteiger partial charge in [-0.3, -0.25) is 9.69 Å². The number of piperidine rings is 1. The smallest absolute Gasteiger partial charge is 0.303 e. The standard InChI is InChI=1S/C14H18ClNO3/c15-12-6-11(3-4-13(12)17)9-16-5-1-2-10(8-16)7-14(18)19/h3-4,6,10,17H,1-2,5,7-9H2,(H,18,19). The quantitative estimate of drug-likeness (QED) is 0.892. The van der Waals surface area contributed by atoms with Crippen molar-refractivity contribution in [3.63, 3.8) is 0 Å². The SMILES string of the molecule is O=C(O)CC1CCCN(Cc2ccc(O)c(Cl)c2)C1. The second-order valence-electron chi connectivity index (χ2n) is 5.13. The minimum atomic E-state index is -0.723. The third kappa shape index (κ3) is 4.11. The molecule has 1 saturated heterocycles. The maximum atomic E-state index is 10.8. The summed E-state index contributed by atoms with van der Waals surface area (Å²) >= 11 is 5.88. The van der Waals surface area contributed by atoms with Crippen LogP contribution in [0.3, 0.4) is 0 Å². The number of carboxylic acids is 1. The molecule has 104 valence electrons. The van der Waals surface area contributed by atoms with Crippen LogP contribution >= 0.6 is 11.6 Å². The fourth-order valence-electron chi connectivity index (χ4n) is 2.62. The van der Waals surface area contributed by atoms with E-state index in [1.807, 2.05) is 6.07 Å². The predicted molar refractivity (Wildman–Crippen MR) is 73.4 cm³/mol. The number of hydrogen-bond acceptors (Lipinski definition) is 3. The molecule has 0 aliphatic carbocycles. The van der Waals surface area contributed by atoms with Gasteiger partial charge in [0.25, 0.3) is 0 Å². The fraction of sp³-hybridized carbons (Fsp3) is 0.500. The summed E-state index contributed by atoms with van der Waals surface area (Å²) in [6.45, 7) is 2.54. The summed E-state index contributed by atoms with van der Waals surface area (Å²) in [4.78, 5) is 13.0. The zero-order valence-electron chi connectivity index (χ0n) is 10.7. The Bertz CT molecular complexity index is 464. The van der Waals surface area contributed by atoms with Gasteiger partial charge in [0, 0.05) is 19.5 Å². The lowest BCUT2D eigenvalue weighted by atomic mass is 9.94. The van der Waals surface area contributed by atoms with Crippen LogP contribution in [-0.2, 0) is 11.3 Å². The number of halogens is 1. The lowest BCUT2D eigenvalue weighted by molar-refractivity contribution is -0.138. The molecule has 0 saturated carbocycles. The minimum absolute atomic E-state index is 0.0906. The third-order valence-corrected chi connectivity index (χ3v) is 3.79. The van der Waals surface area contributed by atoms with E-state index in [1.54, 1.807) is 12.1 Å². The number of likely N-dealkylation sites (tertiary alicyclic amines) is 1. The van der Waals surface area contributed by atoms with E-state index in [1.165, 1.54) is 0 Å². The van der Waals surface area contributed by atoms with Gasteiger partial charge in [-0.1, -0.05) is 17.7 Å². The first kappa shape index (κ1) is 14.2. The highest BCUT2D eigenvalue weighted by Gasteiger charge is 2.22. The predicted octanol–water partition coefficient (Wildman–Crippen LogP) is 2.73. The van der Waals surface area contributed by atoms with Crippen molar-refractivity contribution in [1.29, 1.82) is 0 Å². The van der Waals surface area contributed by atoms with Gasteiger partial charge in [0.05, 0.1) is 5.02 Å². The average Bonchev–Trinajstić information content (AvgIpc) is 2.33. The Morgan fingerprint density at radius 1 is 1.47 bits per heavy atom. The van der Waals surface area contributed by atoms with Crippen LogP contribution in [0.25, 0.3) is 0 Å². The Kier molecular flexibility index (Phi) is 4.66. The van der Waals surface area contributed by atoms with Gasteiger partial charge < -0.3 is 10.2 Å². The third-order valence-electron chi connectivity index (χ3n) is 3.48. The number of nitrogens with zero attached hydrogens (tertiary/aromatic N) is 1. The molecule has 2 N–H and O–H groups in total. The van der Waals surface area contributed by atoms with Crippen LogP contribution in [0.4, 0.5) is 0 Å². The van der Waals surface area contributed by atoms with E-state index in [0.29, 0.717) is 5.02 Å². The Morgan fingerprint density at radius 2 is 2.26 bits per heavy atom. The summed E-state index contributed by atoms with van der Waals surface area (Å²) in [7, 11) is 0. The van der Waals surface area contributed by atoms with Crippen LogP contribution in [0.1, 0.15) is 24.8 Å². The lowest BCUT2D eigenvalue weighted by Crippen LogP contribution is -2.35. The molecule has 4 nitrogen and oxygen atoms in total. The number of phenolic OH excluding ortho intramolecular Hbond substituents is 1. The van der Waals surface area contributed by atoms with Gasteiger partial charge in [0.2, 0.25) is 0 Å². The molecule has 1 aliphatic heterocycles. The molecule has 1 unspecified atom stereocenters. The van der Waals surface area contributed by atoms with E-state index in [0.717, 1.165) is 38.0 Å². The highest BCUT2D eigenvalue weighted by Crippen LogP contribution is 2.26. The molecule has 0 aromatic heterocycles. The second kappa shape index (κ2) is 6.26. The molecule has 19 heavy (non-hydrogen) atoms. The maximum absolute atomic E-state index is 10.8. The maximum Gasteiger partial charge on any atom is 0.303 e. The van der Waals surface area contributed by atoms with Crippen LogP contribution in [0.15, 0.2) is 18.2 Å². The first-order chi connectivity index (χ1) is 9.04. The molecule has 2 rings (SSSR count). The molecular formula is C14H18ClNO3. The highest BCUT2D eigenvalue weighted by atomic mass is 35.5. The Labute approximate surface area is 117 Å². The van der Waals surface area contributed by atoms with E-state index in [2.05, 4.69) is 4.90 Å². The Morgan fingerprint density at radius 3 is 2.95 bits per heavy atom. The summed E-state index contributed by atoms with van der Waals surface area (Å²) in [5, 5.41) is 18.6. The Balaban J connectivity index is 1.94. The molecule has 0 radical (unpaired) electrons. The lowest BCUT2D eigenvalue weighted by Gasteiger charge is -2.32. The molecule has 1 aromatic rings. The molecular weight excluding hydrogens is 266 g/mol. The summed E-state index contributed by atoms with van der Waals surface area (Å²) < 4.78 is 0. The number of hydrogen-bond donors (Lipinski definition) is 2. The van der Waals surface area contributed by atoms with Crippen molar-refractivity contribution in [2.24, 2.45) is 5.92 Å². The molecule has 1 heterocycles. The van der Waals surface area contributed by atoms with Crippen molar-refractivity contribution in [3.8, 4) is 5.75 Å². The van der Waals surface area contributed by atoms with Gasteiger partial charge in [-0.2, -0.15) is 0 Å². The van der Waals surface area contributed by atoms with Gasteiger partial charge >= 0.3 is 5.97 Å². The van der Waals surface area contributed by atoms with Gasteiger partial charge in [0.15, 0.2) is 0 Å². The zero-order valence-corrected chi connectivity index (χ0v) is 11.4. The normalized spacial score (nSPS) is 20.4. The molecule has 0 amide bonds. The van der Waals surface area contributed by atoms with Crippen molar-refractivity contribution in [1.82, 2.24) is 4.90 Å². The molecule has 0 bridgehead atoms. The average molecular weight is 284 g/mol. The van der Waals surface area contributed by atoms with Crippen LogP contribution < -0.4 is 0 Å². The van der Waals surface area contributed by atoms with Crippen molar-refractivity contribution >= 4 is 17.6 Å². The van der Waals surface area contributed by atoms with Crippen LogP contribution in [0.2, 0.25) is 5.02 Å². The zero-order chi connectivity index (χ0) is 13.8. The number of rotatable bonds is 4. The van der Waals surface area contributed by atoms with Gasteiger partial charge in [-0.15, -0.1) is 0 Å². The van der Waals surface area contributed by atoms with E-state index < -0.39 is 5.97 Å². The summed E-state index contributed by atoms with van der Waals surface area (Å²) in [6.07, 6.45) is 2.26. The Hall–Kier alpha value is -1.26. The summed E-state index contributed by atoms with van der Waals surface area (Å²) in [5.74, 6) is -0.397. The van der Waals surface area contributed by atoms with Crippen molar-refractivity contribution < 1.29 is 15.0 Å². The highest BCUT2D eigenvalue weighted by molar-refractivity contribution is 6.32. The molecule has 1 fully saturated rings. The number of phenols is 1. The fourth-order valence-corrected chi connectivity index (χ4v) is 2.82. The minimum Gasteiger partial charge on any atom is -0.506 e. The number of aliphatic carboxylic acids is 1. The number of carboxylic acid groups (broad SMARTS) is 1. The van der Waals surface area contributed by atoms with E-state index >= 15 is 0 Å². The molecule has 0 spiro atoms. The van der Waals surface area contributed by atoms with E-state index in [-0.39, 0.29) is 18.1 Å². The van der Waals surface area contributed by atoms with E-state index in [4.69, 9.17) is 16.7 Å². The van der Waals surface area contributed by atoms with E-state index in [9.17, 15) is 9.90 Å². The van der Waals surface area contributed by atoms with Crippen LogP contribution in [-0.4, -0.2) is 34.2 Å². The van der Waals surface area contributed by atoms with Crippen molar-refractivity contribution in [3.05, 3.63) is 28.8 Å². The number of carbonyl (C=O) groups is 1. The first-order valence-electron chi connectivity index (χ1n) is 6.46. The van der Waals surface area contributed by atoms with Gasteiger partial charge in [-0.05, 0) is 43.0 Å². The van der Waals surface area contributed by atoms with Crippen molar-refractivity contribution in [2.75, 3.05) is 13.1 Å². The van der Waals surface area contributed by atoms with Crippen molar-refractivity contribution in [2.45, 2.75) is 25.8 Å². The molecule has 1 atom stereocenters.